The molecule has 1 heterocycles. The minimum atomic E-state index is 0.782. The first kappa shape index (κ1) is 14.3. The second-order valence-electron chi connectivity index (χ2n) is 6.32. The van der Waals surface area contributed by atoms with Crippen molar-refractivity contribution in [1.82, 2.24) is 10.2 Å². The highest BCUT2D eigenvalue weighted by atomic mass is 15.2. The summed E-state index contributed by atoms with van der Waals surface area (Å²) in [4.78, 5) is 2.78. The van der Waals surface area contributed by atoms with E-state index in [-0.39, 0.29) is 0 Å². The van der Waals surface area contributed by atoms with Crippen LogP contribution in [0.25, 0.3) is 0 Å². The molecule has 2 heteroatoms. The molecule has 2 fully saturated rings. The summed E-state index contributed by atoms with van der Waals surface area (Å²) in [5, 5.41) is 3.85. The molecule has 2 nitrogen and oxygen atoms in total. The second-order valence-corrected chi connectivity index (χ2v) is 6.32. The second kappa shape index (κ2) is 7.49. The molecule has 0 amide bonds. The molecule has 1 aliphatic heterocycles. The van der Waals surface area contributed by atoms with E-state index >= 15 is 0 Å². The highest BCUT2D eigenvalue weighted by Gasteiger charge is 2.31. The molecular weight excluding hydrogens is 220 g/mol. The van der Waals surface area contributed by atoms with Crippen molar-refractivity contribution in [2.24, 2.45) is 5.92 Å². The monoisotopic (exact) mass is 252 g/mol. The Bertz CT molecular complexity index is 223. The van der Waals surface area contributed by atoms with Gasteiger partial charge in [-0.3, -0.25) is 4.90 Å². The third-order valence-corrected chi connectivity index (χ3v) is 5.05. The topological polar surface area (TPSA) is 15.3 Å². The largest absolute Gasteiger partial charge is 0.311 e. The summed E-state index contributed by atoms with van der Waals surface area (Å²) in [5.74, 6) is 0.959. The molecule has 2 unspecified atom stereocenters. The predicted octanol–water partition coefficient (Wildman–Crippen LogP) is 3.42. The molecule has 1 saturated carbocycles. The molecule has 0 aromatic rings. The van der Waals surface area contributed by atoms with Crippen molar-refractivity contribution < 1.29 is 0 Å². The van der Waals surface area contributed by atoms with Crippen LogP contribution in [-0.4, -0.2) is 36.6 Å². The zero-order chi connectivity index (χ0) is 12.8. The normalized spacial score (nSPS) is 31.7. The molecule has 0 radical (unpaired) electrons. The zero-order valence-corrected chi connectivity index (χ0v) is 12.5. The van der Waals surface area contributed by atoms with Crippen molar-refractivity contribution in [3.05, 3.63) is 0 Å². The van der Waals surface area contributed by atoms with Crippen LogP contribution in [0, 0.1) is 5.92 Å². The fourth-order valence-electron chi connectivity index (χ4n) is 3.77. The van der Waals surface area contributed by atoms with Crippen LogP contribution in [0.2, 0.25) is 0 Å². The fourth-order valence-corrected chi connectivity index (χ4v) is 3.77. The molecule has 0 spiro atoms. The smallest absolute Gasteiger partial charge is 0.0224 e. The van der Waals surface area contributed by atoms with Gasteiger partial charge in [0.05, 0.1) is 0 Å². The first-order chi connectivity index (χ1) is 8.85. The maximum Gasteiger partial charge on any atom is 0.0224 e. The Kier molecular flexibility index (Phi) is 5.97. The van der Waals surface area contributed by atoms with Gasteiger partial charge in [0, 0.05) is 25.2 Å². The van der Waals surface area contributed by atoms with E-state index in [1.807, 2.05) is 0 Å². The van der Waals surface area contributed by atoms with Crippen LogP contribution in [0.5, 0.6) is 0 Å². The van der Waals surface area contributed by atoms with Crippen LogP contribution in [-0.2, 0) is 0 Å². The lowest BCUT2D eigenvalue weighted by Gasteiger charge is -2.44. The summed E-state index contributed by atoms with van der Waals surface area (Å²) in [6, 6.07) is 1.57. The zero-order valence-electron chi connectivity index (χ0n) is 12.5. The van der Waals surface area contributed by atoms with Crippen molar-refractivity contribution in [2.75, 3.05) is 19.6 Å². The Labute approximate surface area is 114 Å². The number of hydrogen-bond acceptors (Lipinski definition) is 2. The number of nitrogens with one attached hydrogen (secondary N) is 1. The van der Waals surface area contributed by atoms with Crippen molar-refractivity contribution in [3.8, 4) is 0 Å². The lowest BCUT2D eigenvalue weighted by Crippen LogP contribution is -2.58. The van der Waals surface area contributed by atoms with E-state index in [4.69, 9.17) is 0 Å². The van der Waals surface area contributed by atoms with Gasteiger partial charge in [-0.2, -0.15) is 0 Å². The van der Waals surface area contributed by atoms with E-state index in [0.29, 0.717) is 0 Å². The van der Waals surface area contributed by atoms with Crippen LogP contribution < -0.4 is 5.32 Å². The Morgan fingerprint density at radius 2 is 1.89 bits per heavy atom. The number of unbranched alkanes of at least 4 members (excludes halogenated alkanes) is 1. The summed E-state index contributed by atoms with van der Waals surface area (Å²) in [6.45, 7) is 8.50. The van der Waals surface area contributed by atoms with Crippen LogP contribution in [0.15, 0.2) is 0 Å². The van der Waals surface area contributed by atoms with Crippen molar-refractivity contribution in [2.45, 2.75) is 77.3 Å². The van der Waals surface area contributed by atoms with E-state index in [0.717, 1.165) is 18.0 Å². The highest BCUT2D eigenvalue weighted by molar-refractivity contribution is 4.90. The number of rotatable bonds is 5. The summed E-state index contributed by atoms with van der Waals surface area (Å²) in [6.07, 6.45) is 11.3. The van der Waals surface area contributed by atoms with E-state index < -0.39 is 0 Å². The molecular formula is C16H32N2. The maximum absolute atomic E-state index is 3.85. The van der Waals surface area contributed by atoms with Gasteiger partial charge < -0.3 is 5.32 Å². The van der Waals surface area contributed by atoms with Crippen LogP contribution in [0.4, 0.5) is 0 Å². The van der Waals surface area contributed by atoms with E-state index in [2.05, 4.69) is 24.1 Å². The lowest BCUT2D eigenvalue weighted by molar-refractivity contribution is 0.0924. The Balaban J connectivity index is 1.86. The average Bonchev–Trinajstić information content (AvgIpc) is 2.45. The van der Waals surface area contributed by atoms with E-state index in [9.17, 15) is 0 Å². The number of hydrogen-bond donors (Lipinski definition) is 1. The van der Waals surface area contributed by atoms with Gasteiger partial charge in [0.15, 0.2) is 0 Å². The first-order valence-electron chi connectivity index (χ1n) is 8.32. The average molecular weight is 252 g/mol. The molecule has 0 aromatic carbocycles. The Hall–Kier alpha value is -0.0800. The SMILES string of the molecule is CCCCN1CC(C2CCCCC2)NCC1CC. The van der Waals surface area contributed by atoms with E-state index in [1.54, 1.807) is 0 Å². The minimum Gasteiger partial charge on any atom is -0.311 e. The summed E-state index contributed by atoms with van der Waals surface area (Å²) >= 11 is 0. The van der Waals surface area contributed by atoms with Gasteiger partial charge in [-0.15, -0.1) is 0 Å². The van der Waals surface area contributed by atoms with Gasteiger partial charge in [-0.05, 0) is 38.1 Å². The van der Waals surface area contributed by atoms with Gasteiger partial charge in [0.2, 0.25) is 0 Å². The van der Waals surface area contributed by atoms with Gasteiger partial charge in [-0.25, -0.2) is 0 Å². The van der Waals surface area contributed by atoms with Crippen LogP contribution in [0.1, 0.15) is 65.2 Å². The van der Waals surface area contributed by atoms with Gasteiger partial charge in [0.1, 0.15) is 0 Å². The Morgan fingerprint density at radius 1 is 1.11 bits per heavy atom. The van der Waals surface area contributed by atoms with Gasteiger partial charge in [0.25, 0.3) is 0 Å². The predicted molar refractivity (Wildman–Crippen MR) is 78.9 cm³/mol. The summed E-state index contributed by atoms with van der Waals surface area (Å²) < 4.78 is 0. The number of nitrogens with zero attached hydrogens (tertiary/aromatic N) is 1. The number of piperazine rings is 1. The molecule has 1 saturated heterocycles. The highest BCUT2D eigenvalue weighted by Crippen LogP contribution is 2.28. The molecule has 2 atom stereocenters. The minimum absolute atomic E-state index is 0.782. The third kappa shape index (κ3) is 3.71. The van der Waals surface area contributed by atoms with Crippen LogP contribution >= 0.6 is 0 Å². The first-order valence-corrected chi connectivity index (χ1v) is 8.32. The summed E-state index contributed by atoms with van der Waals surface area (Å²) in [7, 11) is 0. The fraction of sp³-hybridized carbons (Fsp3) is 1.00. The van der Waals surface area contributed by atoms with Crippen molar-refractivity contribution in [1.29, 1.82) is 0 Å². The molecule has 0 bridgehead atoms. The van der Waals surface area contributed by atoms with Gasteiger partial charge in [-0.1, -0.05) is 39.5 Å². The standard InChI is InChI=1S/C16H32N2/c1-3-5-11-18-13-16(17-12-15(18)4-2)14-9-7-6-8-10-14/h14-17H,3-13H2,1-2H3. The molecule has 2 aliphatic rings. The van der Waals surface area contributed by atoms with Crippen molar-refractivity contribution in [3.63, 3.8) is 0 Å². The molecule has 0 aromatic heterocycles. The van der Waals surface area contributed by atoms with Gasteiger partial charge >= 0.3 is 0 Å². The quantitative estimate of drug-likeness (QED) is 0.806. The third-order valence-electron chi connectivity index (χ3n) is 5.05. The van der Waals surface area contributed by atoms with E-state index in [1.165, 1.54) is 71.0 Å². The molecule has 2 rings (SSSR count). The molecule has 106 valence electrons. The Morgan fingerprint density at radius 3 is 2.56 bits per heavy atom. The lowest BCUT2D eigenvalue weighted by atomic mass is 9.82. The maximum atomic E-state index is 3.85. The molecule has 18 heavy (non-hydrogen) atoms. The molecule has 1 N–H and O–H groups in total. The summed E-state index contributed by atoms with van der Waals surface area (Å²) in [5.41, 5.74) is 0. The van der Waals surface area contributed by atoms with Crippen molar-refractivity contribution >= 4 is 0 Å². The van der Waals surface area contributed by atoms with Crippen LogP contribution in [0.3, 0.4) is 0 Å². The molecule has 1 aliphatic carbocycles.